The normalized spacial score (nSPS) is 16.7. The van der Waals surface area contributed by atoms with Crippen molar-refractivity contribution in [1.82, 2.24) is 4.90 Å². The summed E-state index contributed by atoms with van der Waals surface area (Å²) in [7, 11) is 1.61. The highest BCUT2D eigenvalue weighted by Crippen LogP contribution is 2.34. The summed E-state index contributed by atoms with van der Waals surface area (Å²) >= 11 is 4.71. The molecule has 2 aromatic carbocycles. The van der Waals surface area contributed by atoms with Crippen molar-refractivity contribution in [2.24, 2.45) is 10.2 Å². The van der Waals surface area contributed by atoms with Crippen molar-refractivity contribution < 1.29 is 13.9 Å². The van der Waals surface area contributed by atoms with Crippen LogP contribution >= 0.6 is 27.7 Å². The fourth-order valence-electron chi connectivity index (χ4n) is 2.90. The van der Waals surface area contributed by atoms with Gasteiger partial charge in [0.2, 0.25) is 0 Å². The molecule has 1 amide bonds. The van der Waals surface area contributed by atoms with Crippen molar-refractivity contribution in [3.8, 4) is 5.75 Å². The lowest BCUT2D eigenvalue weighted by molar-refractivity contribution is -0.122. The van der Waals surface area contributed by atoms with E-state index in [1.54, 1.807) is 30.6 Å². The van der Waals surface area contributed by atoms with Gasteiger partial charge in [-0.15, -0.1) is 5.10 Å². The summed E-state index contributed by atoms with van der Waals surface area (Å²) in [5, 5.41) is 9.01. The second-order valence-electron chi connectivity index (χ2n) is 6.50. The second kappa shape index (κ2) is 9.80. The molecule has 1 saturated heterocycles. The van der Waals surface area contributed by atoms with Crippen LogP contribution in [0.4, 0.5) is 0 Å². The van der Waals surface area contributed by atoms with Crippen LogP contribution in [0.2, 0.25) is 0 Å². The van der Waals surface area contributed by atoms with Crippen molar-refractivity contribution in [1.29, 1.82) is 0 Å². The molecule has 0 aliphatic carbocycles. The summed E-state index contributed by atoms with van der Waals surface area (Å²) in [4.78, 5) is 15.2. The number of benzene rings is 2. The molecule has 0 radical (unpaired) electrons. The lowest BCUT2D eigenvalue weighted by atomic mass is 10.2. The van der Waals surface area contributed by atoms with Gasteiger partial charge in [-0.2, -0.15) is 5.10 Å². The standard InChI is InChI=1S/C23H18BrN3O3S/c1-29-20-7-3-2-5-17(20)14-25-26-23-27(15-19-6-4-12-30-19)22(28)21(31-23)13-16-8-10-18(24)11-9-16/h2-14H,15H2,1H3/b21-13-,25-14-,26-23+. The molecule has 1 fully saturated rings. The van der Waals surface area contributed by atoms with Crippen molar-refractivity contribution in [3.05, 3.63) is 93.2 Å². The Bertz CT molecular complexity index is 1160. The molecule has 1 aromatic heterocycles. The van der Waals surface area contributed by atoms with E-state index in [0.717, 1.165) is 15.6 Å². The van der Waals surface area contributed by atoms with Crippen LogP contribution in [-0.2, 0) is 11.3 Å². The summed E-state index contributed by atoms with van der Waals surface area (Å²) in [6, 6.07) is 18.9. The molecular weight excluding hydrogens is 478 g/mol. The fourth-order valence-corrected chi connectivity index (χ4v) is 4.10. The SMILES string of the molecule is COc1ccccc1/C=N\N=C1\S/C(=C\c2ccc(Br)cc2)C(=O)N1Cc1ccco1. The van der Waals surface area contributed by atoms with Gasteiger partial charge in [-0.05, 0) is 59.8 Å². The number of carbonyl (C=O) groups is 1. The number of ether oxygens (including phenoxy) is 1. The van der Waals surface area contributed by atoms with E-state index in [4.69, 9.17) is 9.15 Å². The first-order valence-electron chi connectivity index (χ1n) is 9.37. The number of halogens is 1. The third-order valence-electron chi connectivity index (χ3n) is 4.43. The minimum absolute atomic E-state index is 0.143. The molecule has 2 heterocycles. The molecule has 4 rings (SSSR count). The number of para-hydroxylation sites is 1. The molecule has 0 N–H and O–H groups in total. The Labute approximate surface area is 192 Å². The molecule has 1 aliphatic rings. The molecule has 8 heteroatoms. The zero-order chi connectivity index (χ0) is 21.6. The average Bonchev–Trinajstić information content (AvgIpc) is 3.40. The molecule has 0 bridgehead atoms. The molecule has 6 nitrogen and oxygen atoms in total. The zero-order valence-electron chi connectivity index (χ0n) is 16.6. The Kier molecular flexibility index (Phi) is 6.69. The third kappa shape index (κ3) is 5.15. The smallest absolute Gasteiger partial charge is 0.267 e. The lowest BCUT2D eigenvalue weighted by Gasteiger charge is -2.12. The minimum atomic E-state index is -0.143. The number of methoxy groups -OCH3 is 1. The van der Waals surface area contributed by atoms with Crippen LogP contribution in [0.1, 0.15) is 16.9 Å². The summed E-state index contributed by atoms with van der Waals surface area (Å²) in [6.45, 7) is 0.277. The number of hydrogen-bond acceptors (Lipinski definition) is 6. The summed E-state index contributed by atoms with van der Waals surface area (Å²) < 4.78 is 11.7. The molecule has 0 spiro atoms. The molecule has 156 valence electrons. The topological polar surface area (TPSA) is 67.4 Å². The van der Waals surface area contributed by atoms with Crippen molar-refractivity contribution in [3.63, 3.8) is 0 Å². The maximum Gasteiger partial charge on any atom is 0.267 e. The van der Waals surface area contributed by atoms with Crippen LogP contribution < -0.4 is 4.74 Å². The largest absolute Gasteiger partial charge is 0.496 e. The highest BCUT2D eigenvalue weighted by molar-refractivity contribution is 9.10. The van der Waals surface area contributed by atoms with Gasteiger partial charge in [0.1, 0.15) is 11.5 Å². The number of rotatable bonds is 6. The Morgan fingerprint density at radius 3 is 2.68 bits per heavy atom. The Hall–Kier alpha value is -3.10. The fraction of sp³-hybridized carbons (Fsp3) is 0.0870. The first-order chi connectivity index (χ1) is 15.1. The van der Waals surface area contributed by atoms with Gasteiger partial charge in [-0.25, -0.2) is 0 Å². The number of carbonyl (C=O) groups excluding carboxylic acids is 1. The van der Waals surface area contributed by atoms with E-state index >= 15 is 0 Å². The number of thioether (sulfide) groups is 1. The first-order valence-corrected chi connectivity index (χ1v) is 11.0. The predicted octanol–water partition coefficient (Wildman–Crippen LogP) is 5.56. The summed E-state index contributed by atoms with van der Waals surface area (Å²) in [6.07, 6.45) is 5.04. The molecule has 3 aromatic rings. The van der Waals surface area contributed by atoms with Crippen LogP contribution in [0.15, 0.2) is 90.9 Å². The Balaban J connectivity index is 1.62. The van der Waals surface area contributed by atoms with Gasteiger partial charge < -0.3 is 9.15 Å². The van der Waals surface area contributed by atoms with E-state index < -0.39 is 0 Å². The number of amides is 1. The van der Waals surface area contributed by atoms with Gasteiger partial charge in [0.05, 0.1) is 31.0 Å². The second-order valence-corrected chi connectivity index (χ2v) is 8.43. The van der Waals surface area contributed by atoms with Gasteiger partial charge in [0, 0.05) is 10.0 Å². The summed E-state index contributed by atoms with van der Waals surface area (Å²) in [5.74, 6) is 1.22. The highest BCUT2D eigenvalue weighted by atomic mass is 79.9. The van der Waals surface area contributed by atoms with Gasteiger partial charge in [0.15, 0.2) is 5.17 Å². The van der Waals surface area contributed by atoms with Crippen LogP contribution in [-0.4, -0.2) is 29.3 Å². The molecule has 0 atom stereocenters. The van der Waals surface area contributed by atoms with Crippen LogP contribution in [0.5, 0.6) is 5.75 Å². The molecule has 0 unspecified atom stereocenters. The zero-order valence-corrected chi connectivity index (χ0v) is 19.0. The van der Waals surface area contributed by atoms with Crippen LogP contribution in [0.25, 0.3) is 6.08 Å². The van der Waals surface area contributed by atoms with Gasteiger partial charge in [0.25, 0.3) is 5.91 Å². The Morgan fingerprint density at radius 2 is 1.94 bits per heavy atom. The monoisotopic (exact) mass is 495 g/mol. The number of amidine groups is 1. The predicted molar refractivity (Wildman–Crippen MR) is 127 cm³/mol. The highest BCUT2D eigenvalue weighted by Gasteiger charge is 2.34. The van der Waals surface area contributed by atoms with E-state index in [-0.39, 0.29) is 12.5 Å². The minimum Gasteiger partial charge on any atom is -0.496 e. The van der Waals surface area contributed by atoms with E-state index in [1.165, 1.54) is 11.8 Å². The third-order valence-corrected chi connectivity index (χ3v) is 5.95. The number of furan rings is 1. The number of hydrogen-bond donors (Lipinski definition) is 0. The van der Waals surface area contributed by atoms with E-state index in [2.05, 4.69) is 26.1 Å². The quantitative estimate of drug-likeness (QED) is 0.255. The molecule has 0 saturated carbocycles. The Morgan fingerprint density at radius 1 is 1.13 bits per heavy atom. The van der Waals surface area contributed by atoms with Gasteiger partial charge >= 0.3 is 0 Å². The molecular formula is C23H18BrN3O3S. The van der Waals surface area contributed by atoms with Crippen molar-refractivity contribution >= 4 is 51.1 Å². The van der Waals surface area contributed by atoms with Crippen LogP contribution in [0.3, 0.4) is 0 Å². The van der Waals surface area contributed by atoms with Crippen molar-refractivity contribution in [2.75, 3.05) is 7.11 Å². The van der Waals surface area contributed by atoms with Gasteiger partial charge in [-0.3, -0.25) is 9.69 Å². The molecule has 31 heavy (non-hydrogen) atoms. The van der Waals surface area contributed by atoms with E-state index in [1.807, 2.05) is 60.7 Å². The molecule has 1 aliphatic heterocycles. The van der Waals surface area contributed by atoms with E-state index in [9.17, 15) is 4.79 Å². The van der Waals surface area contributed by atoms with Gasteiger partial charge in [-0.1, -0.05) is 40.2 Å². The summed E-state index contributed by atoms with van der Waals surface area (Å²) in [5.41, 5.74) is 1.72. The van der Waals surface area contributed by atoms with Crippen LogP contribution in [0, 0.1) is 0 Å². The maximum absolute atomic E-state index is 13.1. The lowest BCUT2D eigenvalue weighted by Crippen LogP contribution is -2.28. The maximum atomic E-state index is 13.1. The van der Waals surface area contributed by atoms with Crippen molar-refractivity contribution in [2.45, 2.75) is 6.54 Å². The average molecular weight is 496 g/mol. The number of nitrogens with zero attached hydrogens (tertiary/aromatic N) is 3. The van der Waals surface area contributed by atoms with E-state index in [0.29, 0.717) is 21.6 Å². The first kappa shape index (κ1) is 21.1.